The van der Waals surface area contributed by atoms with E-state index in [-0.39, 0.29) is 15.6 Å². The van der Waals surface area contributed by atoms with Crippen LogP contribution in [0.3, 0.4) is 0 Å². The fraction of sp³-hybridized carbons (Fsp3) is 0.238. The van der Waals surface area contributed by atoms with Crippen molar-refractivity contribution >= 4 is 39.3 Å². The third kappa shape index (κ3) is 5.95. The van der Waals surface area contributed by atoms with Crippen LogP contribution in [0.1, 0.15) is 27.2 Å². The molecule has 1 aromatic heterocycles. The molecule has 0 atom stereocenters. The van der Waals surface area contributed by atoms with Gasteiger partial charge in [-0.25, -0.2) is 13.1 Å². The zero-order chi connectivity index (χ0) is 21.9. The Hall–Kier alpha value is -2.58. The molecule has 2 rings (SSSR count). The van der Waals surface area contributed by atoms with Crippen molar-refractivity contribution < 1.29 is 8.42 Å². The Morgan fingerprint density at radius 1 is 1.31 bits per heavy atom. The second-order valence-electron chi connectivity index (χ2n) is 5.33. The van der Waals surface area contributed by atoms with Gasteiger partial charge in [-0.2, -0.15) is 5.10 Å². The van der Waals surface area contributed by atoms with E-state index >= 15 is 0 Å². The van der Waals surface area contributed by atoms with E-state index in [1.807, 2.05) is 26.8 Å². The molecule has 8 heteroatoms. The minimum Gasteiger partial charge on any atom is -0.382 e. The number of sulfone groups is 1. The van der Waals surface area contributed by atoms with E-state index in [1.165, 1.54) is 22.6 Å². The molecule has 6 nitrogen and oxygen atoms in total. The Balaban J connectivity index is 0.00000204. The van der Waals surface area contributed by atoms with E-state index in [4.69, 9.17) is 5.73 Å². The molecular formula is C21H28N4O2S2. The Morgan fingerprint density at radius 3 is 2.52 bits per heavy atom. The normalized spacial score (nSPS) is 12.2. The number of aliphatic imine (C=N–C) groups is 1. The zero-order valence-corrected chi connectivity index (χ0v) is 18.9. The van der Waals surface area contributed by atoms with Gasteiger partial charge in [0.25, 0.3) is 0 Å². The van der Waals surface area contributed by atoms with Gasteiger partial charge in [0.05, 0.1) is 10.6 Å². The highest BCUT2D eigenvalue weighted by Gasteiger charge is 2.29. The third-order valence-electron chi connectivity index (χ3n) is 3.56. The summed E-state index contributed by atoms with van der Waals surface area (Å²) in [6.45, 7) is 9.49. The predicted molar refractivity (Wildman–Crippen MR) is 124 cm³/mol. The molecule has 0 saturated carbocycles. The second-order valence-corrected chi connectivity index (χ2v) is 8.01. The molecular weight excluding hydrogens is 404 g/mol. The Labute approximate surface area is 177 Å². The monoisotopic (exact) mass is 432 g/mol. The van der Waals surface area contributed by atoms with Gasteiger partial charge in [0.2, 0.25) is 9.84 Å². The first-order valence-electron chi connectivity index (χ1n) is 9.21. The van der Waals surface area contributed by atoms with Gasteiger partial charge in [0, 0.05) is 12.4 Å². The number of nitrogen functional groups attached to an aromatic ring is 1. The van der Waals surface area contributed by atoms with Crippen molar-refractivity contribution in [3.05, 3.63) is 61.3 Å². The lowest BCUT2D eigenvalue weighted by Crippen LogP contribution is -2.08. The molecule has 0 saturated heterocycles. The maximum Gasteiger partial charge on any atom is 0.212 e. The van der Waals surface area contributed by atoms with Gasteiger partial charge < -0.3 is 5.73 Å². The summed E-state index contributed by atoms with van der Waals surface area (Å²) in [4.78, 5) is 4.11. The zero-order valence-electron chi connectivity index (χ0n) is 17.2. The number of thioether (sulfide) groups is 1. The molecule has 2 N–H and O–H groups in total. The number of aromatic nitrogens is 2. The third-order valence-corrected chi connectivity index (χ3v) is 6.20. The lowest BCUT2D eigenvalue weighted by atomic mass is 10.3. The van der Waals surface area contributed by atoms with Crippen LogP contribution in [-0.2, 0) is 9.84 Å². The van der Waals surface area contributed by atoms with E-state index in [0.717, 1.165) is 6.42 Å². The number of benzene rings is 1. The number of rotatable bonds is 8. The van der Waals surface area contributed by atoms with Gasteiger partial charge in [-0.1, -0.05) is 51.6 Å². The molecule has 0 radical (unpaired) electrons. The molecule has 156 valence electrons. The van der Waals surface area contributed by atoms with Crippen LogP contribution in [0.25, 0.3) is 5.70 Å². The van der Waals surface area contributed by atoms with Gasteiger partial charge in [-0.3, -0.25) is 4.99 Å². The maximum atomic E-state index is 13.1. The molecule has 29 heavy (non-hydrogen) atoms. The summed E-state index contributed by atoms with van der Waals surface area (Å²) in [5.41, 5.74) is 6.91. The van der Waals surface area contributed by atoms with E-state index in [0.29, 0.717) is 10.7 Å². The summed E-state index contributed by atoms with van der Waals surface area (Å²) in [6.07, 6.45) is 10.9. The quantitative estimate of drug-likeness (QED) is 0.357. The number of hydrogen-bond donors (Lipinski definition) is 1. The molecule has 0 aliphatic heterocycles. The topological polar surface area (TPSA) is 90.3 Å². The van der Waals surface area contributed by atoms with Crippen molar-refractivity contribution in [3.8, 4) is 0 Å². The second kappa shape index (κ2) is 12.1. The predicted octanol–water partition coefficient (Wildman–Crippen LogP) is 5.07. The molecule has 0 aliphatic carbocycles. The van der Waals surface area contributed by atoms with Crippen LogP contribution in [0.4, 0.5) is 5.82 Å². The Bertz CT molecular complexity index is 989. The number of allylic oxidation sites excluding steroid dienone is 4. The largest absolute Gasteiger partial charge is 0.382 e. The number of hydrogen-bond acceptors (Lipinski definition) is 6. The summed E-state index contributed by atoms with van der Waals surface area (Å²) in [5, 5.41) is 4.78. The van der Waals surface area contributed by atoms with E-state index in [9.17, 15) is 8.42 Å². The van der Waals surface area contributed by atoms with Gasteiger partial charge in [0.15, 0.2) is 0 Å². The van der Waals surface area contributed by atoms with Crippen molar-refractivity contribution in [2.45, 2.75) is 42.0 Å². The van der Waals surface area contributed by atoms with Crippen LogP contribution in [0.2, 0.25) is 0 Å². The molecule has 2 aromatic rings. The highest BCUT2D eigenvalue weighted by molar-refractivity contribution is 7.99. The van der Waals surface area contributed by atoms with Crippen molar-refractivity contribution in [1.82, 2.24) is 9.78 Å². The highest BCUT2D eigenvalue weighted by Crippen LogP contribution is 2.35. The first kappa shape index (κ1) is 24.5. The smallest absolute Gasteiger partial charge is 0.212 e. The molecule has 0 fully saturated rings. The van der Waals surface area contributed by atoms with Crippen LogP contribution in [0, 0.1) is 0 Å². The van der Waals surface area contributed by atoms with Crippen molar-refractivity contribution in [3.63, 3.8) is 0 Å². The highest BCUT2D eigenvalue weighted by atomic mass is 32.2. The Kier molecular flexibility index (Phi) is 10.2. The lowest BCUT2D eigenvalue weighted by molar-refractivity contribution is 0.594. The fourth-order valence-corrected chi connectivity index (χ4v) is 4.80. The van der Waals surface area contributed by atoms with E-state index in [2.05, 4.69) is 16.7 Å². The average Bonchev–Trinajstić information content (AvgIpc) is 3.09. The minimum absolute atomic E-state index is 0.0244. The van der Waals surface area contributed by atoms with Gasteiger partial charge >= 0.3 is 0 Å². The summed E-state index contributed by atoms with van der Waals surface area (Å²) >= 11 is 1.24. The Morgan fingerprint density at radius 2 is 1.97 bits per heavy atom. The van der Waals surface area contributed by atoms with Crippen molar-refractivity contribution in [2.24, 2.45) is 4.99 Å². The lowest BCUT2D eigenvalue weighted by Gasteiger charge is -2.07. The van der Waals surface area contributed by atoms with Gasteiger partial charge in [-0.05, 0) is 37.0 Å². The maximum absolute atomic E-state index is 13.1. The number of nitrogens with two attached hydrogens (primary N) is 1. The SMILES string of the molecule is C=CN=C/C=C/C(=C/CC)n1nc(SC)c(S(=O)(=O)c2ccccc2)c1N.CC. The first-order chi connectivity index (χ1) is 14.0. The van der Waals surface area contributed by atoms with Crippen LogP contribution < -0.4 is 5.73 Å². The molecule has 0 spiro atoms. The van der Waals surface area contributed by atoms with E-state index in [1.54, 1.807) is 55.0 Å². The first-order valence-corrected chi connectivity index (χ1v) is 11.9. The van der Waals surface area contributed by atoms with Gasteiger partial charge in [-0.15, -0.1) is 11.8 Å². The van der Waals surface area contributed by atoms with E-state index < -0.39 is 9.84 Å². The average molecular weight is 433 g/mol. The summed E-state index contributed by atoms with van der Waals surface area (Å²) in [7, 11) is -3.79. The number of nitrogens with zero attached hydrogens (tertiary/aromatic N) is 3. The standard InChI is InChI=1S/C19H22N4O2S2.C2H6/c1-4-10-15(11-9-14-21-5-2)23-18(20)17(19(22-23)26-3)27(24,25)16-12-7-6-8-13-16;1-2/h5-14H,2,4,20H2,1,3H3;1-2H3/b11-9+,15-10-,21-14?;. The summed E-state index contributed by atoms with van der Waals surface area (Å²) in [6, 6.07) is 8.21. The molecule has 0 aliphatic rings. The van der Waals surface area contributed by atoms with Crippen LogP contribution in [0.15, 0.2) is 81.1 Å². The van der Waals surface area contributed by atoms with Crippen molar-refractivity contribution in [1.29, 1.82) is 0 Å². The van der Waals surface area contributed by atoms with Crippen molar-refractivity contribution in [2.75, 3.05) is 12.0 Å². The molecule has 0 bridgehead atoms. The van der Waals surface area contributed by atoms with Crippen LogP contribution >= 0.6 is 11.8 Å². The van der Waals surface area contributed by atoms with Crippen LogP contribution in [-0.4, -0.2) is 30.7 Å². The fourth-order valence-electron chi connectivity index (χ4n) is 2.38. The number of anilines is 1. The minimum atomic E-state index is -3.79. The molecule has 1 aromatic carbocycles. The molecule has 0 amide bonds. The summed E-state index contributed by atoms with van der Waals surface area (Å²) in [5.74, 6) is 0.0770. The summed E-state index contributed by atoms with van der Waals surface area (Å²) < 4.78 is 27.7. The molecule has 1 heterocycles. The van der Waals surface area contributed by atoms with Gasteiger partial charge in [0.1, 0.15) is 15.7 Å². The molecule has 0 unspecified atom stereocenters. The van der Waals surface area contributed by atoms with Crippen LogP contribution in [0.5, 0.6) is 0 Å².